The molecule has 2 aromatic rings. The fraction of sp³-hybridized carbons (Fsp3) is 0.300. The van der Waals surface area contributed by atoms with Crippen LogP contribution in [-0.2, 0) is 23.3 Å². The van der Waals surface area contributed by atoms with Gasteiger partial charge in [0.2, 0.25) is 0 Å². The number of imide groups is 1. The van der Waals surface area contributed by atoms with E-state index in [9.17, 15) is 14.0 Å². The fourth-order valence-electron chi connectivity index (χ4n) is 3.93. The van der Waals surface area contributed by atoms with Crippen LogP contribution in [0.5, 0.6) is 0 Å². The smallest absolute Gasteiger partial charge is 0.319 e. The van der Waals surface area contributed by atoms with Crippen LogP contribution < -0.4 is 5.32 Å². The van der Waals surface area contributed by atoms with Crippen LogP contribution >= 0.6 is 0 Å². The Labute approximate surface area is 145 Å². The second-order valence-corrected chi connectivity index (χ2v) is 6.72. The van der Waals surface area contributed by atoms with Gasteiger partial charge in [0, 0.05) is 0 Å². The third kappa shape index (κ3) is 2.60. The molecule has 0 aromatic heterocycles. The molecule has 1 spiro atoms. The molecule has 0 bridgehead atoms. The van der Waals surface area contributed by atoms with Crippen LogP contribution in [0.15, 0.2) is 48.5 Å². The molecule has 4 rings (SSSR count). The van der Waals surface area contributed by atoms with Crippen LogP contribution in [0.25, 0.3) is 0 Å². The number of amides is 3. The van der Waals surface area contributed by atoms with Gasteiger partial charge < -0.3 is 5.32 Å². The third-order valence-electron chi connectivity index (χ3n) is 5.13. The highest BCUT2D eigenvalue weighted by Gasteiger charge is 2.53. The molecule has 1 fully saturated rings. The maximum Gasteiger partial charge on any atom is 0.325 e. The van der Waals surface area contributed by atoms with Crippen LogP contribution in [0.2, 0.25) is 0 Å². The first kappa shape index (κ1) is 15.8. The summed E-state index contributed by atoms with van der Waals surface area (Å²) < 4.78 is 13.4. The predicted molar refractivity (Wildman–Crippen MR) is 91.2 cm³/mol. The average molecular weight is 338 g/mol. The highest BCUT2D eigenvalue weighted by Crippen LogP contribution is 2.39. The van der Waals surface area contributed by atoms with Crippen LogP contribution in [0.1, 0.15) is 36.0 Å². The maximum absolute atomic E-state index is 13.4. The van der Waals surface area contributed by atoms with Crippen LogP contribution in [0.3, 0.4) is 0 Å². The Morgan fingerprint density at radius 2 is 1.92 bits per heavy atom. The standard InChI is InChI=1S/C20H19FN2O2/c21-16-9-5-6-14(12-16)13-23-18(24)20(22-19(23)25)11-4-3-8-15-7-1-2-10-17(15)20/h1-2,5-7,9-10,12H,3-4,8,11,13H2,(H,22,25). The van der Waals surface area contributed by atoms with E-state index in [1.165, 1.54) is 17.0 Å². The lowest BCUT2D eigenvalue weighted by molar-refractivity contribution is -0.132. The lowest BCUT2D eigenvalue weighted by Gasteiger charge is -2.27. The van der Waals surface area contributed by atoms with Crippen molar-refractivity contribution in [2.24, 2.45) is 0 Å². The SMILES string of the molecule is O=C1NC2(CCCCc3ccccc32)C(=O)N1Cc1cccc(F)c1. The van der Waals surface area contributed by atoms with Gasteiger partial charge in [-0.15, -0.1) is 0 Å². The van der Waals surface area contributed by atoms with Crippen molar-refractivity contribution < 1.29 is 14.0 Å². The van der Waals surface area contributed by atoms with Gasteiger partial charge in [-0.2, -0.15) is 0 Å². The van der Waals surface area contributed by atoms with Gasteiger partial charge in [-0.05, 0) is 54.5 Å². The summed E-state index contributed by atoms with van der Waals surface area (Å²) in [7, 11) is 0. The van der Waals surface area contributed by atoms with E-state index in [2.05, 4.69) is 5.32 Å². The minimum Gasteiger partial charge on any atom is -0.319 e. The molecule has 2 aliphatic rings. The highest BCUT2D eigenvalue weighted by atomic mass is 19.1. The van der Waals surface area contributed by atoms with Crippen LogP contribution in [0.4, 0.5) is 9.18 Å². The second kappa shape index (κ2) is 5.99. The Kier molecular flexibility index (Phi) is 3.79. The molecule has 4 nitrogen and oxygen atoms in total. The number of hydrogen-bond acceptors (Lipinski definition) is 2. The van der Waals surface area contributed by atoms with Crippen molar-refractivity contribution in [2.75, 3.05) is 0 Å². The summed E-state index contributed by atoms with van der Waals surface area (Å²) in [6, 6.07) is 13.4. The van der Waals surface area contributed by atoms with E-state index < -0.39 is 11.6 Å². The first-order valence-electron chi connectivity index (χ1n) is 8.57. The van der Waals surface area contributed by atoms with Crippen molar-refractivity contribution in [3.8, 4) is 0 Å². The monoisotopic (exact) mass is 338 g/mol. The Balaban J connectivity index is 1.71. The van der Waals surface area contributed by atoms with Crippen molar-refractivity contribution in [2.45, 2.75) is 37.8 Å². The molecular formula is C20H19FN2O2. The first-order valence-corrected chi connectivity index (χ1v) is 8.57. The molecule has 0 saturated carbocycles. The van der Waals surface area contributed by atoms with Crippen molar-refractivity contribution in [1.29, 1.82) is 0 Å². The summed E-state index contributed by atoms with van der Waals surface area (Å²) >= 11 is 0. The van der Waals surface area contributed by atoms with Crippen molar-refractivity contribution in [3.05, 3.63) is 71.0 Å². The molecular weight excluding hydrogens is 319 g/mol. The second-order valence-electron chi connectivity index (χ2n) is 6.72. The molecule has 25 heavy (non-hydrogen) atoms. The zero-order valence-corrected chi connectivity index (χ0v) is 13.8. The molecule has 1 atom stereocenters. The van der Waals surface area contributed by atoms with Gasteiger partial charge in [-0.25, -0.2) is 9.18 Å². The number of fused-ring (bicyclic) bond motifs is 2. The minimum atomic E-state index is -0.989. The average Bonchev–Trinajstić information content (AvgIpc) is 2.75. The van der Waals surface area contributed by atoms with Crippen LogP contribution in [-0.4, -0.2) is 16.8 Å². The molecule has 1 N–H and O–H groups in total. The molecule has 1 aliphatic carbocycles. The molecule has 3 amide bonds. The van der Waals surface area contributed by atoms with E-state index in [-0.39, 0.29) is 18.3 Å². The number of carbonyl (C=O) groups is 2. The van der Waals surface area contributed by atoms with E-state index in [4.69, 9.17) is 0 Å². The minimum absolute atomic E-state index is 0.0757. The van der Waals surface area contributed by atoms with E-state index >= 15 is 0 Å². The molecule has 1 heterocycles. The summed E-state index contributed by atoms with van der Waals surface area (Å²) in [6.45, 7) is 0.0757. The molecule has 2 aromatic carbocycles. The van der Waals surface area contributed by atoms with E-state index in [1.54, 1.807) is 12.1 Å². The molecule has 1 saturated heterocycles. The Bertz CT molecular complexity index is 851. The summed E-state index contributed by atoms with van der Waals surface area (Å²) in [5.74, 6) is -0.616. The van der Waals surface area contributed by atoms with Gasteiger partial charge >= 0.3 is 6.03 Å². The van der Waals surface area contributed by atoms with Crippen molar-refractivity contribution >= 4 is 11.9 Å². The summed E-state index contributed by atoms with van der Waals surface area (Å²) in [4.78, 5) is 27.0. The number of nitrogens with one attached hydrogen (secondary N) is 1. The zero-order valence-electron chi connectivity index (χ0n) is 13.8. The van der Waals surface area contributed by atoms with Gasteiger partial charge in [0.1, 0.15) is 11.4 Å². The largest absolute Gasteiger partial charge is 0.325 e. The summed E-state index contributed by atoms with van der Waals surface area (Å²) in [5, 5.41) is 2.94. The van der Waals surface area contributed by atoms with Crippen LogP contribution in [0, 0.1) is 5.82 Å². The number of nitrogens with zero attached hydrogens (tertiary/aromatic N) is 1. The molecule has 5 heteroatoms. The number of hydrogen-bond donors (Lipinski definition) is 1. The molecule has 1 aliphatic heterocycles. The number of carbonyl (C=O) groups excluding carboxylic acids is 2. The van der Waals surface area contributed by atoms with Gasteiger partial charge in [0.05, 0.1) is 6.54 Å². The Hall–Kier alpha value is -2.69. The Morgan fingerprint density at radius 1 is 1.08 bits per heavy atom. The van der Waals surface area contributed by atoms with Gasteiger partial charge in [0.15, 0.2) is 0 Å². The summed E-state index contributed by atoms with van der Waals surface area (Å²) in [5.41, 5.74) is 1.62. The van der Waals surface area contributed by atoms with Crippen molar-refractivity contribution in [3.63, 3.8) is 0 Å². The predicted octanol–water partition coefficient (Wildman–Crippen LogP) is 3.50. The normalized spacial score (nSPS) is 22.7. The van der Waals surface area contributed by atoms with E-state index in [0.717, 1.165) is 30.4 Å². The molecule has 1 unspecified atom stereocenters. The fourth-order valence-corrected chi connectivity index (χ4v) is 3.93. The topological polar surface area (TPSA) is 49.4 Å². The van der Waals surface area contributed by atoms with E-state index in [1.807, 2.05) is 24.3 Å². The van der Waals surface area contributed by atoms with Crippen molar-refractivity contribution in [1.82, 2.24) is 10.2 Å². The summed E-state index contributed by atoms with van der Waals surface area (Å²) in [6.07, 6.45) is 3.36. The zero-order chi connectivity index (χ0) is 17.4. The van der Waals surface area contributed by atoms with Gasteiger partial charge in [0.25, 0.3) is 5.91 Å². The first-order chi connectivity index (χ1) is 12.1. The number of aryl methyl sites for hydroxylation is 1. The quantitative estimate of drug-likeness (QED) is 0.852. The number of halogens is 1. The lowest BCUT2D eigenvalue weighted by Crippen LogP contribution is -2.44. The number of benzene rings is 2. The number of urea groups is 1. The van der Waals surface area contributed by atoms with Gasteiger partial charge in [-0.1, -0.05) is 36.4 Å². The molecule has 0 radical (unpaired) electrons. The molecule has 128 valence electrons. The third-order valence-corrected chi connectivity index (χ3v) is 5.13. The number of rotatable bonds is 2. The maximum atomic E-state index is 13.4. The highest BCUT2D eigenvalue weighted by molar-refractivity contribution is 6.07. The van der Waals surface area contributed by atoms with E-state index in [0.29, 0.717) is 12.0 Å². The lowest BCUT2D eigenvalue weighted by atomic mass is 9.84. The Morgan fingerprint density at radius 3 is 2.76 bits per heavy atom. The van der Waals surface area contributed by atoms with Gasteiger partial charge in [-0.3, -0.25) is 9.69 Å².